The molecule has 0 saturated heterocycles. The van der Waals surface area contributed by atoms with E-state index in [-0.39, 0.29) is 24.0 Å². The van der Waals surface area contributed by atoms with Crippen molar-refractivity contribution in [1.29, 1.82) is 0 Å². The molecule has 3 unspecified atom stereocenters. The summed E-state index contributed by atoms with van der Waals surface area (Å²) in [5.41, 5.74) is -0.0769. The number of hydrogen-bond acceptors (Lipinski definition) is 8. The molecule has 0 aliphatic heterocycles. The molecular weight excluding hydrogens is 432 g/mol. The van der Waals surface area contributed by atoms with Crippen LogP contribution in [0.4, 0.5) is 9.59 Å². The molecule has 0 spiro atoms. The molecule has 3 atom stereocenters. The highest BCUT2D eigenvalue weighted by atomic mass is 16.6. The molecule has 0 aliphatic carbocycles. The van der Waals surface area contributed by atoms with E-state index in [2.05, 4.69) is 38.3 Å². The van der Waals surface area contributed by atoms with Crippen LogP contribution in [-0.4, -0.2) is 87.3 Å². The molecule has 33 heavy (non-hydrogen) atoms. The molecule has 10 nitrogen and oxygen atoms in total. The van der Waals surface area contributed by atoms with E-state index in [1.807, 2.05) is 6.92 Å². The quantitative estimate of drug-likeness (QED) is 0.234. The third kappa shape index (κ3) is 18.5. The molecule has 0 heterocycles. The maximum atomic E-state index is 11.7. The summed E-state index contributed by atoms with van der Waals surface area (Å²) < 4.78 is 21.1. The van der Waals surface area contributed by atoms with Crippen LogP contribution in [0, 0.1) is 10.8 Å². The molecule has 0 aromatic rings. The lowest BCUT2D eigenvalue weighted by Gasteiger charge is -2.29. The average Bonchev–Trinajstić information content (AvgIpc) is 2.74. The van der Waals surface area contributed by atoms with Gasteiger partial charge in [-0.1, -0.05) is 34.6 Å². The fourth-order valence-electron chi connectivity index (χ4n) is 2.58. The van der Waals surface area contributed by atoms with Crippen molar-refractivity contribution >= 4 is 12.2 Å². The average molecular weight is 479 g/mol. The van der Waals surface area contributed by atoms with Crippen LogP contribution in [-0.2, 0) is 18.9 Å². The van der Waals surface area contributed by atoms with Gasteiger partial charge < -0.3 is 39.8 Å². The van der Waals surface area contributed by atoms with Crippen LogP contribution in [0.15, 0.2) is 0 Å². The van der Waals surface area contributed by atoms with Gasteiger partial charge >= 0.3 is 12.2 Å². The van der Waals surface area contributed by atoms with Gasteiger partial charge in [-0.3, -0.25) is 0 Å². The van der Waals surface area contributed by atoms with E-state index in [1.54, 1.807) is 6.92 Å². The highest BCUT2D eigenvalue weighted by Crippen LogP contribution is 2.28. The number of alkyl carbamates (subject to hydrolysis) is 2. The molecule has 10 heteroatoms. The normalized spacial score (nSPS) is 15.3. The van der Waals surface area contributed by atoms with Crippen molar-refractivity contribution in [2.75, 3.05) is 52.7 Å². The van der Waals surface area contributed by atoms with Gasteiger partial charge in [-0.25, -0.2) is 9.59 Å². The van der Waals surface area contributed by atoms with Crippen LogP contribution in [0.3, 0.4) is 0 Å². The van der Waals surface area contributed by atoms with Crippen molar-refractivity contribution in [2.24, 2.45) is 10.8 Å². The minimum Gasteiger partial charge on any atom is -0.447 e. The van der Waals surface area contributed by atoms with Crippen LogP contribution in [0.5, 0.6) is 0 Å². The van der Waals surface area contributed by atoms with Crippen molar-refractivity contribution < 1.29 is 38.7 Å². The Labute approximate surface area is 198 Å². The van der Waals surface area contributed by atoms with Crippen LogP contribution in [0.2, 0.25) is 0 Å². The molecule has 4 N–H and O–H groups in total. The standard InChI is InChI=1S/C23H46N2O8/c1-7-23(6,17-31-13-11-25-21(29)33-18(2)14-26)9-8-19(27)15-32-20(28)24-10-12-30-16-22(3,4)5/h18-19,26-27H,7-17H2,1-6H3,(H,24,28)(H,25,29). The maximum absolute atomic E-state index is 11.7. The summed E-state index contributed by atoms with van der Waals surface area (Å²) in [7, 11) is 0. The number of hydrogen-bond donors (Lipinski definition) is 4. The van der Waals surface area contributed by atoms with E-state index >= 15 is 0 Å². The van der Waals surface area contributed by atoms with Gasteiger partial charge in [0.1, 0.15) is 12.7 Å². The summed E-state index contributed by atoms with van der Waals surface area (Å²) in [6, 6.07) is 0. The first-order valence-corrected chi connectivity index (χ1v) is 11.7. The van der Waals surface area contributed by atoms with E-state index in [4.69, 9.17) is 24.1 Å². The lowest BCUT2D eigenvalue weighted by atomic mass is 9.83. The van der Waals surface area contributed by atoms with Crippen LogP contribution < -0.4 is 10.6 Å². The molecule has 0 fully saturated rings. The fourth-order valence-corrected chi connectivity index (χ4v) is 2.58. The van der Waals surface area contributed by atoms with E-state index < -0.39 is 24.4 Å². The molecule has 0 bridgehead atoms. The van der Waals surface area contributed by atoms with Crippen LogP contribution in [0.25, 0.3) is 0 Å². The number of nitrogens with one attached hydrogen (secondary N) is 2. The van der Waals surface area contributed by atoms with Gasteiger partial charge in [-0.15, -0.1) is 0 Å². The third-order valence-electron chi connectivity index (χ3n) is 4.92. The number of aliphatic hydroxyl groups excluding tert-OH is 2. The van der Waals surface area contributed by atoms with Gasteiger partial charge in [0.05, 0.1) is 39.1 Å². The second-order valence-electron chi connectivity index (χ2n) is 9.87. The summed E-state index contributed by atoms with van der Waals surface area (Å²) in [5.74, 6) is 0. The molecule has 196 valence electrons. The number of carbonyl (C=O) groups excluding carboxylic acids is 2. The van der Waals surface area contributed by atoms with Crippen LogP contribution >= 0.6 is 0 Å². The molecular formula is C23H46N2O8. The molecule has 0 aromatic heterocycles. The predicted molar refractivity (Wildman–Crippen MR) is 125 cm³/mol. The lowest BCUT2D eigenvalue weighted by molar-refractivity contribution is 0.0215. The lowest BCUT2D eigenvalue weighted by Crippen LogP contribution is -2.33. The zero-order valence-corrected chi connectivity index (χ0v) is 21.3. The number of carbonyl (C=O) groups is 2. The van der Waals surface area contributed by atoms with Crippen molar-refractivity contribution in [2.45, 2.75) is 73.0 Å². The zero-order valence-electron chi connectivity index (χ0n) is 21.3. The highest BCUT2D eigenvalue weighted by Gasteiger charge is 2.24. The van der Waals surface area contributed by atoms with E-state index in [0.717, 1.165) is 6.42 Å². The van der Waals surface area contributed by atoms with E-state index in [0.29, 0.717) is 52.4 Å². The van der Waals surface area contributed by atoms with Crippen LogP contribution in [0.1, 0.15) is 60.8 Å². The number of amides is 2. The maximum Gasteiger partial charge on any atom is 0.407 e. The van der Waals surface area contributed by atoms with Gasteiger partial charge in [0.2, 0.25) is 0 Å². The minimum atomic E-state index is -0.760. The van der Waals surface area contributed by atoms with Gasteiger partial charge in [-0.2, -0.15) is 0 Å². The molecule has 0 radical (unpaired) electrons. The number of rotatable bonds is 17. The fraction of sp³-hybridized carbons (Fsp3) is 0.913. The number of ether oxygens (including phenoxy) is 4. The summed E-state index contributed by atoms with van der Waals surface area (Å²) in [4.78, 5) is 23.2. The first-order valence-electron chi connectivity index (χ1n) is 11.7. The third-order valence-corrected chi connectivity index (χ3v) is 4.92. The highest BCUT2D eigenvalue weighted by molar-refractivity contribution is 5.67. The molecule has 0 saturated carbocycles. The molecule has 2 amide bonds. The Hall–Kier alpha value is -1.62. The number of aliphatic hydroxyl groups is 2. The first kappa shape index (κ1) is 31.4. The van der Waals surface area contributed by atoms with Gasteiger partial charge in [0.15, 0.2) is 0 Å². The zero-order chi connectivity index (χ0) is 25.3. The smallest absolute Gasteiger partial charge is 0.407 e. The van der Waals surface area contributed by atoms with Gasteiger partial charge in [0.25, 0.3) is 0 Å². The van der Waals surface area contributed by atoms with Crippen molar-refractivity contribution in [1.82, 2.24) is 10.6 Å². The predicted octanol–water partition coefficient (Wildman–Crippen LogP) is 2.46. The van der Waals surface area contributed by atoms with E-state index in [9.17, 15) is 14.7 Å². The first-order chi connectivity index (χ1) is 15.4. The van der Waals surface area contributed by atoms with Gasteiger partial charge in [0, 0.05) is 13.1 Å². The Morgan fingerprint density at radius 2 is 1.55 bits per heavy atom. The van der Waals surface area contributed by atoms with Crippen molar-refractivity contribution in [3.8, 4) is 0 Å². The summed E-state index contributed by atoms with van der Waals surface area (Å²) in [5, 5.41) is 24.2. The second kappa shape index (κ2) is 16.9. The minimum absolute atomic E-state index is 0.0758. The monoisotopic (exact) mass is 478 g/mol. The van der Waals surface area contributed by atoms with Gasteiger partial charge in [-0.05, 0) is 37.0 Å². The Balaban J connectivity index is 3.96. The topological polar surface area (TPSA) is 136 Å². The Morgan fingerprint density at radius 3 is 2.09 bits per heavy atom. The Morgan fingerprint density at radius 1 is 0.970 bits per heavy atom. The second-order valence-corrected chi connectivity index (χ2v) is 9.87. The van der Waals surface area contributed by atoms with Crippen molar-refractivity contribution in [3.05, 3.63) is 0 Å². The van der Waals surface area contributed by atoms with Crippen molar-refractivity contribution in [3.63, 3.8) is 0 Å². The summed E-state index contributed by atoms with van der Waals surface area (Å²) in [6.07, 6.45) is -0.470. The SMILES string of the molecule is CCC(C)(CCC(O)COC(=O)NCCOCC(C)(C)C)COCCNC(=O)OC(C)CO. The Bertz CT molecular complexity index is 541. The molecule has 0 rings (SSSR count). The van der Waals surface area contributed by atoms with E-state index in [1.165, 1.54) is 0 Å². The summed E-state index contributed by atoms with van der Waals surface area (Å²) in [6.45, 7) is 14.1. The molecule has 0 aliphatic rings. The largest absolute Gasteiger partial charge is 0.447 e. The summed E-state index contributed by atoms with van der Waals surface area (Å²) >= 11 is 0. The Kier molecular flexibility index (Phi) is 16.1. The molecule has 0 aromatic carbocycles.